The van der Waals surface area contributed by atoms with Crippen molar-refractivity contribution in [1.82, 2.24) is 20.3 Å². The van der Waals surface area contributed by atoms with E-state index < -0.39 is 5.97 Å². The van der Waals surface area contributed by atoms with Gasteiger partial charge in [0.1, 0.15) is 23.3 Å². The Kier molecular flexibility index (Phi) is 5.01. The van der Waals surface area contributed by atoms with Gasteiger partial charge in [-0.25, -0.2) is 19.7 Å². The number of nitriles is 1. The molecule has 4 N–H and O–H groups in total. The van der Waals surface area contributed by atoms with Gasteiger partial charge in [-0.1, -0.05) is 0 Å². The third-order valence-electron chi connectivity index (χ3n) is 3.86. The van der Waals surface area contributed by atoms with Crippen molar-refractivity contribution in [2.75, 3.05) is 23.7 Å². The summed E-state index contributed by atoms with van der Waals surface area (Å²) in [5, 5.41) is 27.6. The van der Waals surface area contributed by atoms with Crippen molar-refractivity contribution in [3.05, 3.63) is 35.9 Å². The molecule has 1 fully saturated rings. The summed E-state index contributed by atoms with van der Waals surface area (Å²) in [4.78, 5) is 23.5. The normalized spacial score (nSPS) is 14.5. The van der Waals surface area contributed by atoms with Gasteiger partial charge in [0.2, 0.25) is 0 Å². The molecule has 0 radical (unpaired) electrons. The molecule has 25 heavy (non-hydrogen) atoms. The standard InChI is InChI=1S/C16H17N7O2/c17-6-11-7-20-15(9-19-11)23-14-5-13(12(8-21-14)16(24)25)22-10-1-3-18-4-2-10/h5,7-10,18H,1-4H2,(H,24,25)(H2,20,21,22,23). The summed E-state index contributed by atoms with van der Waals surface area (Å²) < 4.78 is 0. The maximum atomic E-state index is 11.4. The fraction of sp³-hybridized carbons (Fsp3) is 0.312. The van der Waals surface area contributed by atoms with Crippen LogP contribution in [0.5, 0.6) is 0 Å². The highest BCUT2D eigenvalue weighted by atomic mass is 16.4. The van der Waals surface area contributed by atoms with E-state index in [1.165, 1.54) is 18.6 Å². The summed E-state index contributed by atoms with van der Waals surface area (Å²) >= 11 is 0. The van der Waals surface area contributed by atoms with Gasteiger partial charge < -0.3 is 21.1 Å². The number of aromatic nitrogens is 3. The van der Waals surface area contributed by atoms with Crippen LogP contribution in [0.2, 0.25) is 0 Å². The predicted octanol–water partition coefficient (Wildman–Crippen LogP) is 1.35. The van der Waals surface area contributed by atoms with Crippen LogP contribution in [-0.2, 0) is 0 Å². The minimum Gasteiger partial charge on any atom is -0.478 e. The Morgan fingerprint density at radius 1 is 1.20 bits per heavy atom. The Hall–Kier alpha value is -3.25. The molecule has 0 bridgehead atoms. The molecule has 2 aromatic rings. The molecule has 0 saturated carbocycles. The molecular weight excluding hydrogens is 322 g/mol. The van der Waals surface area contributed by atoms with Crippen molar-refractivity contribution in [3.63, 3.8) is 0 Å². The first-order chi connectivity index (χ1) is 12.2. The molecule has 0 spiro atoms. The Bertz CT molecular complexity index is 795. The number of hydrogen-bond donors (Lipinski definition) is 4. The highest BCUT2D eigenvalue weighted by molar-refractivity contribution is 5.94. The lowest BCUT2D eigenvalue weighted by Crippen LogP contribution is -2.35. The molecule has 0 aromatic carbocycles. The first-order valence-electron chi connectivity index (χ1n) is 7.85. The van der Waals surface area contributed by atoms with Crippen LogP contribution in [-0.4, -0.2) is 45.2 Å². The molecule has 3 rings (SSSR count). The van der Waals surface area contributed by atoms with Gasteiger partial charge in [0.25, 0.3) is 0 Å². The highest BCUT2D eigenvalue weighted by Crippen LogP contribution is 2.23. The smallest absolute Gasteiger partial charge is 0.339 e. The zero-order valence-electron chi connectivity index (χ0n) is 13.4. The van der Waals surface area contributed by atoms with Crippen molar-refractivity contribution in [3.8, 4) is 6.07 Å². The monoisotopic (exact) mass is 339 g/mol. The molecule has 3 heterocycles. The zero-order chi connectivity index (χ0) is 17.6. The maximum Gasteiger partial charge on any atom is 0.339 e. The molecule has 0 unspecified atom stereocenters. The number of hydrogen-bond acceptors (Lipinski definition) is 8. The lowest BCUT2D eigenvalue weighted by molar-refractivity contribution is 0.0697. The van der Waals surface area contributed by atoms with Crippen LogP contribution in [0.25, 0.3) is 0 Å². The number of anilines is 3. The number of nitrogens with zero attached hydrogens (tertiary/aromatic N) is 4. The van der Waals surface area contributed by atoms with Crippen LogP contribution >= 0.6 is 0 Å². The molecule has 9 heteroatoms. The summed E-state index contributed by atoms with van der Waals surface area (Å²) in [6.45, 7) is 1.80. The number of rotatable bonds is 5. The van der Waals surface area contributed by atoms with E-state index in [0.29, 0.717) is 17.3 Å². The number of piperidine rings is 1. The van der Waals surface area contributed by atoms with Crippen LogP contribution in [0.15, 0.2) is 24.7 Å². The van der Waals surface area contributed by atoms with E-state index in [0.717, 1.165) is 25.9 Å². The fourth-order valence-electron chi connectivity index (χ4n) is 2.58. The van der Waals surface area contributed by atoms with Crippen LogP contribution in [0.3, 0.4) is 0 Å². The maximum absolute atomic E-state index is 11.4. The minimum absolute atomic E-state index is 0.120. The summed E-state index contributed by atoms with van der Waals surface area (Å²) in [5.41, 5.74) is 0.849. The van der Waals surface area contributed by atoms with Crippen molar-refractivity contribution < 1.29 is 9.90 Å². The molecule has 2 aromatic heterocycles. The molecule has 1 aliphatic rings. The summed E-state index contributed by atoms with van der Waals surface area (Å²) in [6.07, 6.45) is 5.93. The largest absolute Gasteiger partial charge is 0.478 e. The van der Waals surface area contributed by atoms with Gasteiger partial charge in [-0.3, -0.25) is 0 Å². The highest BCUT2D eigenvalue weighted by Gasteiger charge is 2.18. The number of aromatic carboxylic acids is 1. The average Bonchev–Trinajstić information content (AvgIpc) is 2.63. The second-order valence-electron chi connectivity index (χ2n) is 5.61. The van der Waals surface area contributed by atoms with Gasteiger partial charge in [0, 0.05) is 18.3 Å². The topological polar surface area (TPSA) is 136 Å². The summed E-state index contributed by atoms with van der Waals surface area (Å²) in [6, 6.07) is 3.75. The fourth-order valence-corrected chi connectivity index (χ4v) is 2.58. The van der Waals surface area contributed by atoms with Crippen molar-refractivity contribution in [1.29, 1.82) is 5.26 Å². The number of carboxylic acid groups (broad SMARTS) is 1. The van der Waals surface area contributed by atoms with Gasteiger partial charge in [-0.05, 0) is 25.9 Å². The molecule has 128 valence electrons. The Morgan fingerprint density at radius 3 is 2.60 bits per heavy atom. The minimum atomic E-state index is -1.03. The Labute approximate surface area is 144 Å². The third kappa shape index (κ3) is 4.19. The zero-order valence-corrected chi connectivity index (χ0v) is 13.4. The second-order valence-corrected chi connectivity index (χ2v) is 5.61. The molecular formula is C16H17N7O2. The van der Waals surface area contributed by atoms with E-state index in [1.54, 1.807) is 6.07 Å². The van der Waals surface area contributed by atoms with E-state index in [-0.39, 0.29) is 17.3 Å². The Balaban J connectivity index is 1.81. The first kappa shape index (κ1) is 16.6. The van der Waals surface area contributed by atoms with Crippen molar-refractivity contribution in [2.24, 2.45) is 0 Å². The van der Waals surface area contributed by atoms with Gasteiger partial charge >= 0.3 is 5.97 Å². The van der Waals surface area contributed by atoms with E-state index in [2.05, 4.69) is 30.9 Å². The van der Waals surface area contributed by atoms with Crippen molar-refractivity contribution >= 4 is 23.3 Å². The van der Waals surface area contributed by atoms with E-state index in [1.807, 2.05) is 6.07 Å². The number of nitrogens with one attached hydrogen (secondary N) is 3. The van der Waals surface area contributed by atoms with Gasteiger partial charge in [0.15, 0.2) is 5.69 Å². The Morgan fingerprint density at radius 2 is 1.96 bits per heavy atom. The number of pyridine rings is 1. The average molecular weight is 339 g/mol. The quantitative estimate of drug-likeness (QED) is 0.636. The summed E-state index contributed by atoms with van der Waals surface area (Å²) in [7, 11) is 0. The molecule has 9 nitrogen and oxygen atoms in total. The van der Waals surface area contributed by atoms with Crippen molar-refractivity contribution in [2.45, 2.75) is 18.9 Å². The number of carbonyl (C=O) groups is 1. The molecule has 1 saturated heterocycles. The van der Waals surface area contributed by atoms with Crippen LogP contribution in [0.4, 0.5) is 17.3 Å². The molecule has 0 amide bonds. The van der Waals surface area contributed by atoms with Gasteiger partial charge in [-0.15, -0.1) is 0 Å². The summed E-state index contributed by atoms with van der Waals surface area (Å²) in [5.74, 6) is -0.170. The van der Waals surface area contributed by atoms with E-state index >= 15 is 0 Å². The lowest BCUT2D eigenvalue weighted by Gasteiger charge is -2.25. The molecule has 0 aliphatic carbocycles. The van der Waals surface area contributed by atoms with Crippen LogP contribution in [0.1, 0.15) is 28.9 Å². The molecule has 1 aliphatic heterocycles. The third-order valence-corrected chi connectivity index (χ3v) is 3.86. The van der Waals surface area contributed by atoms with E-state index in [9.17, 15) is 9.90 Å². The predicted molar refractivity (Wildman–Crippen MR) is 90.7 cm³/mol. The van der Waals surface area contributed by atoms with E-state index in [4.69, 9.17) is 5.26 Å². The van der Waals surface area contributed by atoms with Gasteiger partial charge in [0.05, 0.1) is 18.1 Å². The number of carboxylic acids is 1. The molecule has 0 atom stereocenters. The second kappa shape index (κ2) is 7.55. The van der Waals surface area contributed by atoms with Crippen LogP contribution < -0.4 is 16.0 Å². The van der Waals surface area contributed by atoms with Crippen LogP contribution in [0, 0.1) is 11.3 Å². The first-order valence-corrected chi connectivity index (χ1v) is 7.85. The van der Waals surface area contributed by atoms with Gasteiger partial charge in [-0.2, -0.15) is 5.26 Å². The SMILES string of the molecule is N#Cc1cnc(Nc2cc(NC3CCNCC3)c(C(=O)O)cn2)cn1. The lowest BCUT2D eigenvalue weighted by atomic mass is 10.1.